The van der Waals surface area contributed by atoms with Crippen LogP contribution in [0.2, 0.25) is 0 Å². The molecule has 17 heavy (non-hydrogen) atoms. The molecule has 2 aromatic rings. The summed E-state index contributed by atoms with van der Waals surface area (Å²) in [6.45, 7) is 0. The zero-order valence-corrected chi connectivity index (χ0v) is 10.9. The number of furan rings is 1. The van der Waals surface area contributed by atoms with Crippen molar-refractivity contribution in [2.45, 2.75) is 24.9 Å². The summed E-state index contributed by atoms with van der Waals surface area (Å²) in [5, 5.41) is 18.8. The standard InChI is InChI=1S/C11H12BrN3O2/c1-15-9(10(12)13-14-15)11(16)5-2-3-8-7(11)4-6-17-8/h4,6,16H,2-3,5H2,1H3. The van der Waals surface area contributed by atoms with Crippen molar-refractivity contribution in [3.05, 3.63) is 34.0 Å². The number of aromatic nitrogens is 3. The van der Waals surface area contributed by atoms with E-state index in [-0.39, 0.29) is 0 Å². The van der Waals surface area contributed by atoms with Gasteiger partial charge in [-0.1, -0.05) is 5.21 Å². The summed E-state index contributed by atoms with van der Waals surface area (Å²) in [5.41, 5.74) is 0.451. The van der Waals surface area contributed by atoms with Crippen LogP contribution in [0.1, 0.15) is 29.9 Å². The Morgan fingerprint density at radius 1 is 1.59 bits per heavy atom. The van der Waals surface area contributed by atoms with Crippen molar-refractivity contribution in [1.82, 2.24) is 15.0 Å². The zero-order chi connectivity index (χ0) is 12.0. The Hall–Kier alpha value is -1.14. The zero-order valence-electron chi connectivity index (χ0n) is 9.35. The van der Waals surface area contributed by atoms with Gasteiger partial charge in [0.15, 0.2) is 4.60 Å². The minimum atomic E-state index is -1.06. The smallest absolute Gasteiger partial charge is 0.154 e. The number of aliphatic hydroxyl groups is 1. The van der Waals surface area contributed by atoms with Crippen molar-refractivity contribution in [2.24, 2.45) is 7.05 Å². The Kier molecular flexibility index (Phi) is 2.38. The summed E-state index contributed by atoms with van der Waals surface area (Å²) < 4.78 is 7.59. The molecule has 1 aliphatic carbocycles. The topological polar surface area (TPSA) is 64.1 Å². The normalized spacial score (nSPS) is 23.7. The fraction of sp³-hybridized carbons (Fsp3) is 0.455. The summed E-state index contributed by atoms with van der Waals surface area (Å²) in [6.07, 6.45) is 4.03. The van der Waals surface area contributed by atoms with Crippen molar-refractivity contribution < 1.29 is 9.52 Å². The van der Waals surface area contributed by atoms with Gasteiger partial charge in [-0.2, -0.15) is 0 Å². The summed E-state index contributed by atoms with van der Waals surface area (Å²) in [7, 11) is 1.78. The van der Waals surface area contributed by atoms with E-state index < -0.39 is 5.60 Å². The molecule has 0 fully saturated rings. The monoisotopic (exact) mass is 297 g/mol. The molecule has 2 aromatic heterocycles. The molecule has 2 heterocycles. The van der Waals surface area contributed by atoms with Gasteiger partial charge in [0.05, 0.1) is 6.26 Å². The van der Waals surface area contributed by atoms with E-state index in [2.05, 4.69) is 26.2 Å². The molecule has 0 aliphatic heterocycles. The van der Waals surface area contributed by atoms with Gasteiger partial charge < -0.3 is 9.52 Å². The second-order valence-electron chi connectivity index (χ2n) is 4.32. The first-order valence-corrected chi connectivity index (χ1v) is 6.27. The Balaban J connectivity index is 2.22. The van der Waals surface area contributed by atoms with E-state index in [9.17, 15) is 5.11 Å². The maximum Gasteiger partial charge on any atom is 0.154 e. The first kappa shape index (κ1) is 11.0. The minimum Gasteiger partial charge on any atom is -0.469 e. The average molecular weight is 298 g/mol. The Labute approximate surface area is 107 Å². The van der Waals surface area contributed by atoms with Gasteiger partial charge in [-0.25, -0.2) is 4.68 Å². The molecular formula is C11H12BrN3O2. The lowest BCUT2D eigenvalue weighted by Gasteiger charge is -2.31. The van der Waals surface area contributed by atoms with E-state index in [1.165, 1.54) is 0 Å². The van der Waals surface area contributed by atoms with Crippen molar-refractivity contribution in [1.29, 1.82) is 0 Å². The summed E-state index contributed by atoms with van der Waals surface area (Å²) in [6, 6.07) is 1.83. The van der Waals surface area contributed by atoms with Crippen molar-refractivity contribution in [3.8, 4) is 0 Å². The predicted octanol–water partition coefficient (Wildman–Crippen LogP) is 1.74. The van der Waals surface area contributed by atoms with Crippen LogP contribution < -0.4 is 0 Å². The third kappa shape index (κ3) is 1.47. The number of aryl methyl sites for hydroxylation is 2. The highest BCUT2D eigenvalue weighted by Crippen LogP contribution is 2.42. The number of nitrogens with zero attached hydrogens (tertiary/aromatic N) is 3. The predicted molar refractivity (Wildman–Crippen MR) is 63.3 cm³/mol. The van der Waals surface area contributed by atoms with Crippen LogP contribution in [-0.4, -0.2) is 20.1 Å². The van der Waals surface area contributed by atoms with Crippen LogP contribution in [0, 0.1) is 0 Å². The summed E-state index contributed by atoms with van der Waals surface area (Å²) in [5.74, 6) is 0.854. The molecule has 0 aromatic carbocycles. The van der Waals surface area contributed by atoms with Gasteiger partial charge in [-0.15, -0.1) is 5.10 Å². The van der Waals surface area contributed by atoms with Crippen molar-refractivity contribution in [3.63, 3.8) is 0 Å². The quantitative estimate of drug-likeness (QED) is 0.871. The molecule has 0 radical (unpaired) electrons. The number of hydrogen-bond donors (Lipinski definition) is 1. The Bertz CT molecular complexity index is 543. The van der Waals surface area contributed by atoms with Crippen molar-refractivity contribution in [2.75, 3.05) is 0 Å². The Morgan fingerprint density at radius 3 is 3.12 bits per heavy atom. The third-order valence-electron chi connectivity index (χ3n) is 3.31. The van der Waals surface area contributed by atoms with E-state index in [4.69, 9.17) is 4.42 Å². The SMILES string of the molecule is Cn1nnc(Br)c1C1(O)CCCc2occc21. The molecule has 3 rings (SSSR count). The van der Waals surface area contributed by atoms with Crippen molar-refractivity contribution >= 4 is 15.9 Å². The van der Waals surface area contributed by atoms with E-state index in [1.807, 2.05) is 6.07 Å². The van der Waals surface area contributed by atoms with Gasteiger partial charge in [0.1, 0.15) is 17.1 Å². The molecule has 0 spiro atoms. The highest BCUT2D eigenvalue weighted by atomic mass is 79.9. The lowest BCUT2D eigenvalue weighted by Crippen LogP contribution is -2.33. The second-order valence-corrected chi connectivity index (χ2v) is 5.07. The van der Waals surface area contributed by atoms with Crippen LogP contribution in [0.25, 0.3) is 0 Å². The fourth-order valence-electron chi connectivity index (χ4n) is 2.56. The lowest BCUT2D eigenvalue weighted by molar-refractivity contribution is 0.0499. The van der Waals surface area contributed by atoms with E-state index in [0.717, 1.165) is 24.2 Å². The summed E-state index contributed by atoms with van der Waals surface area (Å²) in [4.78, 5) is 0. The first-order chi connectivity index (χ1) is 8.13. The molecule has 90 valence electrons. The fourth-order valence-corrected chi connectivity index (χ4v) is 3.21. The number of halogens is 1. The third-order valence-corrected chi connectivity index (χ3v) is 3.85. The van der Waals surface area contributed by atoms with Gasteiger partial charge in [0.2, 0.25) is 0 Å². The maximum absolute atomic E-state index is 10.9. The largest absolute Gasteiger partial charge is 0.469 e. The molecule has 0 bridgehead atoms. The molecule has 1 unspecified atom stereocenters. The van der Waals surface area contributed by atoms with Gasteiger partial charge in [-0.05, 0) is 34.8 Å². The molecule has 1 atom stereocenters. The average Bonchev–Trinajstić information content (AvgIpc) is 2.87. The Morgan fingerprint density at radius 2 is 2.41 bits per heavy atom. The van der Waals surface area contributed by atoms with Crippen LogP contribution in [0.5, 0.6) is 0 Å². The van der Waals surface area contributed by atoms with E-state index >= 15 is 0 Å². The van der Waals surface area contributed by atoms with Gasteiger partial charge in [0.25, 0.3) is 0 Å². The van der Waals surface area contributed by atoms with E-state index in [1.54, 1.807) is 18.0 Å². The number of hydrogen-bond acceptors (Lipinski definition) is 4. The highest BCUT2D eigenvalue weighted by molar-refractivity contribution is 9.10. The van der Waals surface area contributed by atoms with Gasteiger partial charge in [0, 0.05) is 19.0 Å². The molecule has 1 N–H and O–H groups in total. The molecular weight excluding hydrogens is 286 g/mol. The molecule has 5 nitrogen and oxygen atoms in total. The molecule has 0 saturated heterocycles. The van der Waals surface area contributed by atoms with Crippen LogP contribution in [-0.2, 0) is 19.1 Å². The maximum atomic E-state index is 10.9. The molecule has 0 saturated carbocycles. The minimum absolute atomic E-state index is 0.580. The molecule has 0 amide bonds. The summed E-state index contributed by atoms with van der Waals surface area (Å²) >= 11 is 3.34. The van der Waals surface area contributed by atoms with E-state index in [0.29, 0.717) is 16.7 Å². The van der Waals surface area contributed by atoms with Crippen LogP contribution in [0.4, 0.5) is 0 Å². The van der Waals surface area contributed by atoms with Gasteiger partial charge >= 0.3 is 0 Å². The first-order valence-electron chi connectivity index (χ1n) is 5.48. The van der Waals surface area contributed by atoms with Crippen LogP contribution in [0.15, 0.2) is 21.3 Å². The second kappa shape index (κ2) is 3.68. The number of rotatable bonds is 1. The number of fused-ring (bicyclic) bond motifs is 1. The van der Waals surface area contributed by atoms with Crippen LogP contribution in [0.3, 0.4) is 0 Å². The lowest BCUT2D eigenvalue weighted by atomic mass is 9.81. The molecule has 6 heteroatoms. The molecule has 1 aliphatic rings. The van der Waals surface area contributed by atoms with Crippen LogP contribution >= 0.6 is 15.9 Å². The van der Waals surface area contributed by atoms with Gasteiger partial charge in [-0.3, -0.25) is 0 Å². The highest BCUT2D eigenvalue weighted by Gasteiger charge is 2.42.